The van der Waals surface area contributed by atoms with Gasteiger partial charge in [-0.1, -0.05) is 23.3 Å². The van der Waals surface area contributed by atoms with Crippen molar-refractivity contribution in [3.63, 3.8) is 0 Å². The molecule has 1 N–H and O–H groups in total. The van der Waals surface area contributed by atoms with Gasteiger partial charge in [-0.3, -0.25) is 4.90 Å². The van der Waals surface area contributed by atoms with Crippen molar-refractivity contribution >= 4 is 27.5 Å². The topological polar surface area (TPSA) is 103 Å². The molecule has 0 unspecified atom stereocenters. The molecule has 2 aromatic rings. The van der Waals surface area contributed by atoms with E-state index >= 15 is 0 Å². The van der Waals surface area contributed by atoms with Crippen molar-refractivity contribution in [2.24, 2.45) is 0 Å². The summed E-state index contributed by atoms with van der Waals surface area (Å²) in [5.74, 6) is -0.457. The lowest BCUT2D eigenvalue weighted by atomic mass is 10.0. The number of nitrogens with one attached hydrogen (secondary N) is 1. The largest absolute Gasteiger partial charge is 0.443 e. The third-order valence-corrected chi connectivity index (χ3v) is 7.40. The Balaban J connectivity index is 1.38. The number of carbonyl (C=O) groups excluding carboxylic acids is 1. The molecule has 1 atom stereocenters. The number of allylic oxidation sites excluding steroid dienone is 1. The van der Waals surface area contributed by atoms with Crippen molar-refractivity contribution < 1.29 is 22.3 Å². The number of ether oxygens (including phenoxy) is 1. The van der Waals surface area contributed by atoms with Crippen LogP contribution >= 0.6 is 0 Å². The number of nitriles is 1. The average Bonchev–Trinajstić information content (AvgIpc) is 3.19. The molecule has 8 nitrogen and oxygen atoms in total. The number of cyclic esters (lactones) is 1. The summed E-state index contributed by atoms with van der Waals surface area (Å²) >= 11 is 0. The summed E-state index contributed by atoms with van der Waals surface area (Å²) in [4.78, 5) is 15.7. The van der Waals surface area contributed by atoms with Gasteiger partial charge in [0, 0.05) is 25.7 Å². The first-order chi connectivity index (χ1) is 16.3. The molecule has 0 aliphatic carbocycles. The predicted molar refractivity (Wildman–Crippen MR) is 126 cm³/mol. The molecule has 0 aromatic heterocycles. The highest BCUT2D eigenvalue weighted by Gasteiger charge is 2.34. The summed E-state index contributed by atoms with van der Waals surface area (Å²) in [6.07, 6.45) is 1.59. The molecule has 10 heteroatoms. The van der Waals surface area contributed by atoms with Crippen LogP contribution in [0.1, 0.15) is 18.4 Å². The molecular formula is C24H25FN4O4S. The lowest BCUT2D eigenvalue weighted by molar-refractivity contribution is 0.143. The second kappa shape index (κ2) is 9.83. The van der Waals surface area contributed by atoms with Gasteiger partial charge in [0.25, 0.3) is 0 Å². The van der Waals surface area contributed by atoms with E-state index in [0.29, 0.717) is 37.3 Å². The quantitative estimate of drug-likeness (QED) is 0.630. The van der Waals surface area contributed by atoms with Gasteiger partial charge in [-0.15, -0.1) is 0 Å². The number of halogens is 1. The smallest absolute Gasteiger partial charge is 0.414 e. The van der Waals surface area contributed by atoms with E-state index in [1.54, 1.807) is 30.3 Å². The molecule has 2 saturated heterocycles. The molecular weight excluding hydrogens is 459 g/mol. The number of piperidine rings is 1. The normalized spacial score (nSPS) is 18.6. The maximum Gasteiger partial charge on any atom is 0.414 e. The van der Waals surface area contributed by atoms with Crippen LogP contribution in [0.25, 0.3) is 0 Å². The zero-order chi connectivity index (χ0) is 24.3. The number of carbonyl (C=O) groups is 1. The molecule has 0 radical (unpaired) electrons. The van der Waals surface area contributed by atoms with Crippen LogP contribution < -0.4 is 14.5 Å². The molecule has 2 aliphatic heterocycles. The minimum absolute atomic E-state index is 0.0919. The Hall–Kier alpha value is -3.42. The van der Waals surface area contributed by atoms with E-state index in [9.17, 15) is 17.6 Å². The highest BCUT2D eigenvalue weighted by molar-refractivity contribution is 7.89. The van der Waals surface area contributed by atoms with Crippen LogP contribution in [0.4, 0.5) is 20.6 Å². The summed E-state index contributed by atoms with van der Waals surface area (Å²) in [6.45, 7) is 3.09. The van der Waals surface area contributed by atoms with E-state index in [4.69, 9.17) is 10.00 Å². The van der Waals surface area contributed by atoms with Crippen molar-refractivity contribution in [3.8, 4) is 6.07 Å². The van der Waals surface area contributed by atoms with Crippen LogP contribution in [-0.2, 0) is 14.8 Å². The van der Waals surface area contributed by atoms with Crippen LogP contribution in [-0.4, -0.2) is 46.8 Å². The number of sulfonamides is 1. The number of nitrogens with zero attached hydrogens (tertiary/aromatic N) is 3. The van der Waals surface area contributed by atoms with E-state index in [0.717, 1.165) is 11.1 Å². The SMILES string of the molecule is Cc1ccc(S(=O)(=O)NC[C@H]2CN(c3ccc(N4CCC(=CC#N)CC4)c(F)c3)C(=O)O2)cc1. The van der Waals surface area contributed by atoms with E-state index in [1.165, 1.54) is 23.1 Å². The fourth-order valence-electron chi connectivity index (χ4n) is 4.03. The zero-order valence-electron chi connectivity index (χ0n) is 18.7. The fourth-order valence-corrected chi connectivity index (χ4v) is 5.10. The Kier molecular flexibility index (Phi) is 6.86. The number of benzene rings is 2. The second-order valence-corrected chi connectivity index (χ2v) is 10.1. The van der Waals surface area contributed by atoms with Gasteiger partial charge in [0.15, 0.2) is 0 Å². The highest BCUT2D eigenvalue weighted by atomic mass is 32.2. The van der Waals surface area contributed by atoms with E-state index in [2.05, 4.69) is 4.72 Å². The lowest BCUT2D eigenvalue weighted by Gasteiger charge is -2.30. The minimum atomic E-state index is -3.74. The molecule has 178 valence electrons. The maximum atomic E-state index is 14.9. The molecule has 4 rings (SSSR count). The second-order valence-electron chi connectivity index (χ2n) is 8.34. The Bertz CT molecular complexity index is 1240. The third-order valence-electron chi connectivity index (χ3n) is 5.96. The van der Waals surface area contributed by atoms with E-state index in [1.807, 2.05) is 17.9 Å². The predicted octanol–water partition coefficient (Wildman–Crippen LogP) is 3.49. The van der Waals surface area contributed by atoms with Crippen molar-refractivity contribution in [2.45, 2.75) is 30.8 Å². The van der Waals surface area contributed by atoms with Crippen LogP contribution in [0.3, 0.4) is 0 Å². The molecule has 1 amide bonds. The zero-order valence-corrected chi connectivity index (χ0v) is 19.5. The molecule has 2 aliphatic rings. The van der Waals surface area contributed by atoms with E-state index in [-0.39, 0.29) is 18.0 Å². The van der Waals surface area contributed by atoms with Crippen LogP contribution in [0.2, 0.25) is 0 Å². The fraction of sp³-hybridized carbons (Fsp3) is 0.333. The van der Waals surface area contributed by atoms with Crippen LogP contribution in [0.5, 0.6) is 0 Å². The van der Waals surface area contributed by atoms with Crippen LogP contribution in [0.15, 0.2) is 59.0 Å². The Morgan fingerprint density at radius 3 is 2.56 bits per heavy atom. The number of amides is 1. The first-order valence-electron chi connectivity index (χ1n) is 10.9. The third kappa shape index (κ3) is 5.21. The first kappa shape index (κ1) is 23.7. The van der Waals surface area contributed by atoms with Gasteiger partial charge >= 0.3 is 6.09 Å². The molecule has 2 heterocycles. The number of aryl methyl sites for hydroxylation is 1. The Morgan fingerprint density at radius 2 is 1.91 bits per heavy atom. The molecule has 2 fully saturated rings. The van der Waals surface area contributed by atoms with Gasteiger partial charge in [0.2, 0.25) is 10.0 Å². The molecule has 34 heavy (non-hydrogen) atoms. The van der Waals surface area contributed by atoms with E-state index < -0.39 is 28.0 Å². The summed E-state index contributed by atoms with van der Waals surface area (Å²) in [5, 5.41) is 8.78. The number of rotatable bonds is 6. The molecule has 0 bridgehead atoms. The van der Waals surface area contributed by atoms with Crippen molar-refractivity contribution in [2.75, 3.05) is 36.0 Å². The Labute approximate surface area is 198 Å². The highest BCUT2D eigenvalue weighted by Crippen LogP contribution is 2.30. The minimum Gasteiger partial charge on any atom is -0.443 e. The molecule has 0 spiro atoms. The van der Waals surface area contributed by atoms with Crippen molar-refractivity contribution in [1.29, 1.82) is 5.26 Å². The van der Waals surface area contributed by atoms with Gasteiger partial charge in [0.1, 0.15) is 11.9 Å². The molecule has 2 aromatic carbocycles. The first-order valence-corrected chi connectivity index (χ1v) is 12.4. The number of hydrogen-bond donors (Lipinski definition) is 1. The monoisotopic (exact) mass is 484 g/mol. The van der Waals surface area contributed by atoms with Gasteiger partial charge in [0.05, 0.1) is 28.9 Å². The standard InChI is InChI=1S/C24H25FN4O4S/c1-17-2-5-21(6-3-17)34(31,32)27-15-20-16-29(24(30)33-20)19-4-7-23(22(25)14-19)28-12-9-18(8-11-26)10-13-28/h2-8,14,20,27H,9-10,12-13,15-16H2,1H3/t20-/m0/s1. The summed E-state index contributed by atoms with van der Waals surface area (Å²) in [6, 6.07) is 13.0. The Morgan fingerprint density at radius 1 is 1.21 bits per heavy atom. The van der Waals surface area contributed by atoms with Gasteiger partial charge in [-0.05, 0) is 50.1 Å². The number of hydrogen-bond acceptors (Lipinski definition) is 6. The summed E-state index contributed by atoms with van der Waals surface area (Å²) in [7, 11) is -3.74. The van der Waals surface area contributed by atoms with Crippen molar-refractivity contribution in [3.05, 3.63) is 65.5 Å². The molecule has 0 saturated carbocycles. The van der Waals surface area contributed by atoms with Gasteiger partial charge in [-0.2, -0.15) is 5.26 Å². The summed E-state index contributed by atoms with van der Waals surface area (Å²) in [5.41, 5.74) is 2.78. The average molecular weight is 485 g/mol. The summed E-state index contributed by atoms with van der Waals surface area (Å²) < 4.78 is 47.6. The van der Waals surface area contributed by atoms with Gasteiger partial charge in [-0.25, -0.2) is 22.3 Å². The lowest BCUT2D eigenvalue weighted by Crippen LogP contribution is -2.34. The van der Waals surface area contributed by atoms with Crippen LogP contribution in [0, 0.1) is 24.1 Å². The maximum absolute atomic E-state index is 14.9. The van der Waals surface area contributed by atoms with Crippen molar-refractivity contribution in [1.82, 2.24) is 4.72 Å². The number of anilines is 2. The van der Waals surface area contributed by atoms with Gasteiger partial charge < -0.3 is 9.64 Å².